The van der Waals surface area contributed by atoms with Crippen LogP contribution in [-0.2, 0) is 20.7 Å². The van der Waals surface area contributed by atoms with Crippen LogP contribution in [0.5, 0.6) is 0 Å². The van der Waals surface area contributed by atoms with Gasteiger partial charge in [-0.3, -0.25) is 0 Å². The molecule has 0 saturated carbocycles. The lowest BCUT2D eigenvalue weighted by Crippen LogP contribution is -2.12. The molecule has 0 amide bonds. The van der Waals surface area contributed by atoms with Crippen molar-refractivity contribution >= 4 is 17.8 Å². The highest BCUT2D eigenvalue weighted by Crippen LogP contribution is 2.34. The molecule has 0 saturated heterocycles. The molecule has 2 heterocycles. The van der Waals surface area contributed by atoms with E-state index < -0.39 is 5.97 Å². The minimum atomic E-state index is -0.396. The van der Waals surface area contributed by atoms with Crippen molar-refractivity contribution in [2.75, 3.05) is 6.61 Å². The highest BCUT2D eigenvalue weighted by molar-refractivity contribution is 5.90. The normalized spacial score (nSPS) is 10.5. The molecule has 0 radical (unpaired) electrons. The third-order valence-corrected chi connectivity index (χ3v) is 4.86. The molecule has 0 unspecified atom stereocenters. The van der Waals surface area contributed by atoms with Crippen molar-refractivity contribution in [1.82, 2.24) is 14.6 Å². The van der Waals surface area contributed by atoms with Gasteiger partial charge in [-0.25, -0.2) is 14.3 Å². The first-order valence-corrected chi connectivity index (χ1v) is 9.96. The van der Waals surface area contributed by atoms with E-state index in [-0.39, 0.29) is 12.1 Å². The van der Waals surface area contributed by atoms with E-state index in [1.807, 2.05) is 11.4 Å². The lowest BCUT2D eigenvalue weighted by Gasteiger charge is -2.13. The Hall–Kier alpha value is -3.31. The van der Waals surface area contributed by atoms with Gasteiger partial charge >= 0.3 is 12.1 Å². The lowest BCUT2D eigenvalue weighted by atomic mass is 9.93. The van der Waals surface area contributed by atoms with Gasteiger partial charge in [0.25, 0.3) is 0 Å². The predicted octanol–water partition coefficient (Wildman–Crippen LogP) is 4.29. The van der Waals surface area contributed by atoms with Crippen LogP contribution in [0.3, 0.4) is 0 Å². The van der Waals surface area contributed by atoms with E-state index in [1.165, 1.54) is 11.1 Å². The van der Waals surface area contributed by atoms with Gasteiger partial charge in [0.15, 0.2) is 11.3 Å². The fourth-order valence-electron chi connectivity index (χ4n) is 3.54. The van der Waals surface area contributed by atoms with Crippen LogP contribution >= 0.6 is 0 Å². The van der Waals surface area contributed by atoms with Gasteiger partial charge < -0.3 is 4.74 Å². The number of carbonyl (C=O) groups excluding carboxylic acids is 3. The SMILES string of the molecule is CCOC(=O)c1cc(C(C)C)n2nc(C)c(-c3c(C)cccc3CC)c2n1.O=C=O. The minimum absolute atomic E-state index is 0.193. The number of nitrogens with zero attached hydrogens (tertiary/aromatic N) is 3. The highest BCUT2D eigenvalue weighted by Gasteiger charge is 2.22. The Morgan fingerprint density at radius 3 is 2.40 bits per heavy atom. The molecule has 0 bridgehead atoms. The van der Waals surface area contributed by atoms with Crippen LogP contribution in [0.15, 0.2) is 24.3 Å². The van der Waals surface area contributed by atoms with Gasteiger partial charge in [-0.15, -0.1) is 0 Å². The molecular weight excluding hydrogens is 382 g/mol. The maximum Gasteiger partial charge on any atom is 0.373 e. The molecule has 3 aromatic rings. The summed E-state index contributed by atoms with van der Waals surface area (Å²) in [5.74, 6) is -0.203. The van der Waals surface area contributed by atoms with Gasteiger partial charge in [-0.1, -0.05) is 39.0 Å². The van der Waals surface area contributed by atoms with Crippen LogP contribution in [0, 0.1) is 13.8 Å². The maximum absolute atomic E-state index is 12.4. The molecule has 7 nitrogen and oxygen atoms in total. The second-order valence-electron chi connectivity index (χ2n) is 7.18. The number of benzene rings is 1. The Kier molecular flexibility index (Phi) is 7.61. The highest BCUT2D eigenvalue weighted by atomic mass is 16.5. The van der Waals surface area contributed by atoms with Crippen molar-refractivity contribution in [2.24, 2.45) is 0 Å². The number of esters is 1. The molecule has 0 fully saturated rings. The van der Waals surface area contributed by atoms with Crippen LogP contribution in [-0.4, -0.2) is 33.3 Å². The Bertz CT molecular complexity index is 1090. The number of aryl methyl sites for hydroxylation is 3. The predicted molar refractivity (Wildman–Crippen MR) is 112 cm³/mol. The van der Waals surface area contributed by atoms with Crippen molar-refractivity contribution in [1.29, 1.82) is 0 Å². The molecule has 0 aliphatic rings. The summed E-state index contributed by atoms with van der Waals surface area (Å²) >= 11 is 0. The summed E-state index contributed by atoms with van der Waals surface area (Å²) in [5.41, 5.74) is 7.50. The summed E-state index contributed by atoms with van der Waals surface area (Å²) in [5, 5.41) is 4.78. The number of hydrogen-bond acceptors (Lipinski definition) is 6. The fraction of sp³-hybridized carbons (Fsp3) is 0.391. The summed E-state index contributed by atoms with van der Waals surface area (Å²) in [6, 6.07) is 8.13. The summed E-state index contributed by atoms with van der Waals surface area (Å²) in [6.07, 6.45) is 1.17. The van der Waals surface area contributed by atoms with Crippen molar-refractivity contribution in [3.8, 4) is 11.1 Å². The first kappa shape index (κ1) is 23.0. The molecule has 0 aliphatic heterocycles. The zero-order valence-corrected chi connectivity index (χ0v) is 18.3. The number of ether oxygens (including phenoxy) is 1. The summed E-state index contributed by atoms with van der Waals surface area (Å²) < 4.78 is 7.08. The minimum Gasteiger partial charge on any atom is -0.461 e. The van der Waals surface area contributed by atoms with E-state index >= 15 is 0 Å². The summed E-state index contributed by atoms with van der Waals surface area (Å²) in [6.45, 7) is 12.6. The summed E-state index contributed by atoms with van der Waals surface area (Å²) in [7, 11) is 0. The molecule has 3 rings (SSSR count). The molecule has 0 spiro atoms. The molecule has 1 aromatic carbocycles. The molecule has 0 atom stereocenters. The Labute approximate surface area is 176 Å². The molecule has 158 valence electrons. The van der Waals surface area contributed by atoms with E-state index in [1.54, 1.807) is 13.0 Å². The third-order valence-electron chi connectivity index (χ3n) is 4.86. The van der Waals surface area contributed by atoms with Gasteiger partial charge in [0, 0.05) is 5.69 Å². The number of rotatable bonds is 5. The van der Waals surface area contributed by atoms with Crippen LogP contribution in [0.25, 0.3) is 16.8 Å². The van der Waals surface area contributed by atoms with Crippen LogP contribution in [0.4, 0.5) is 0 Å². The zero-order valence-electron chi connectivity index (χ0n) is 18.3. The average Bonchev–Trinajstić information content (AvgIpc) is 3.03. The van der Waals surface area contributed by atoms with E-state index in [0.29, 0.717) is 17.9 Å². The number of carbonyl (C=O) groups is 1. The monoisotopic (exact) mass is 409 g/mol. The quantitative estimate of drug-likeness (QED) is 0.584. The van der Waals surface area contributed by atoms with E-state index in [2.05, 4.69) is 50.9 Å². The average molecular weight is 409 g/mol. The number of fused-ring (bicyclic) bond motifs is 1. The maximum atomic E-state index is 12.4. The van der Waals surface area contributed by atoms with E-state index in [9.17, 15) is 4.79 Å². The topological polar surface area (TPSA) is 90.6 Å². The molecular formula is C23H27N3O4. The van der Waals surface area contributed by atoms with Crippen molar-refractivity contribution in [2.45, 2.75) is 53.9 Å². The fourth-order valence-corrected chi connectivity index (χ4v) is 3.54. The number of hydrogen-bond donors (Lipinski definition) is 0. The van der Waals surface area contributed by atoms with Gasteiger partial charge in [0.05, 0.1) is 17.9 Å². The first-order chi connectivity index (χ1) is 14.3. The van der Waals surface area contributed by atoms with Gasteiger partial charge in [-0.2, -0.15) is 14.7 Å². The van der Waals surface area contributed by atoms with Crippen LogP contribution < -0.4 is 0 Å². The molecule has 30 heavy (non-hydrogen) atoms. The van der Waals surface area contributed by atoms with Crippen molar-refractivity contribution in [3.05, 3.63) is 52.5 Å². The van der Waals surface area contributed by atoms with Crippen LogP contribution in [0.2, 0.25) is 0 Å². The largest absolute Gasteiger partial charge is 0.461 e. The number of aromatic nitrogens is 3. The van der Waals surface area contributed by atoms with Gasteiger partial charge in [0.2, 0.25) is 0 Å². The molecule has 0 aliphatic carbocycles. The van der Waals surface area contributed by atoms with E-state index in [4.69, 9.17) is 19.4 Å². The second-order valence-corrected chi connectivity index (χ2v) is 7.18. The smallest absolute Gasteiger partial charge is 0.373 e. The first-order valence-electron chi connectivity index (χ1n) is 9.96. The van der Waals surface area contributed by atoms with Gasteiger partial charge in [-0.05, 0) is 55.9 Å². The van der Waals surface area contributed by atoms with Crippen LogP contribution in [0.1, 0.15) is 66.6 Å². The lowest BCUT2D eigenvalue weighted by molar-refractivity contribution is -0.191. The molecule has 7 heteroatoms. The Morgan fingerprint density at radius 2 is 1.83 bits per heavy atom. The van der Waals surface area contributed by atoms with Crippen molar-refractivity contribution in [3.63, 3.8) is 0 Å². The second kappa shape index (κ2) is 9.94. The van der Waals surface area contributed by atoms with Gasteiger partial charge in [0.1, 0.15) is 0 Å². The Balaban J connectivity index is 0.00000101. The zero-order chi connectivity index (χ0) is 22.4. The van der Waals surface area contributed by atoms with E-state index in [0.717, 1.165) is 28.9 Å². The molecule has 0 N–H and O–H groups in total. The summed E-state index contributed by atoms with van der Waals surface area (Å²) in [4.78, 5) is 33.3. The Morgan fingerprint density at radius 1 is 1.17 bits per heavy atom. The third kappa shape index (κ3) is 4.47. The standard InChI is InChI=1S/C22H27N3O2.CO2/c1-7-16-11-9-10-14(5)19(16)20-15(6)24-25-18(13(3)4)12-17(23-21(20)25)22(26)27-8-2;2-1-3/h9-13H,7-8H2,1-6H3;. The molecule has 2 aromatic heterocycles. The van der Waals surface area contributed by atoms with Crippen molar-refractivity contribution < 1.29 is 19.1 Å².